The van der Waals surface area contributed by atoms with Crippen LogP contribution in [0, 0.1) is 0 Å². The summed E-state index contributed by atoms with van der Waals surface area (Å²) in [5.41, 5.74) is 2.03. The molecule has 6 heteroatoms. The zero-order valence-electron chi connectivity index (χ0n) is 12.3. The van der Waals surface area contributed by atoms with Crippen LogP contribution in [0.5, 0.6) is 0 Å². The van der Waals surface area contributed by atoms with Gasteiger partial charge in [0.1, 0.15) is 0 Å². The number of benzene rings is 2. The zero-order chi connectivity index (χ0) is 15.5. The molecular weight excluding hydrogens is 299 g/mol. The summed E-state index contributed by atoms with van der Waals surface area (Å²) in [4.78, 5) is 0. The van der Waals surface area contributed by atoms with Crippen LogP contribution in [0.25, 0.3) is 0 Å². The van der Waals surface area contributed by atoms with E-state index in [0.29, 0.717) is 26.3 Å². The first kappa shape index (κ1) is 16.6. The van der Waals surface area contributed by atoms with E-state index in [0.717, 1.165) is 11.4 Å². The lowest BCUT2D eigenvalue weighted by Crippen LogP contribution is -2.09. The van der Waals surface area contributed by atoms with Gasteiger partial charge in [0.25, 0.3) is 0 Å². The average Bonchev–Trinajstić information content (AvgIpc) is 2.57. The van der Waals surface area contributed by atoms with E-state index in [4.69, 9.17) is 9.05 Å². The Labute approximate surface area is 131 Å². The van der Waals surface area contributed by atoms with Gasteiger partial charge in [-0.05, 0) is 24.3 Å². The number of rotatable bonds is 10. The maximum absolute atomic E-state index is 11.6. The Morgan fingerprint density at radius 2 is 1.14 bits per heavy atom. The molecule has 22 heavy (non-hydrogen) atoms. The molecule has 0 amide bonds. The summed E-state index contributed by atoms with van der Waals surface area (Å²) in [5, 5.41) is 6.35. The minimum atomic E-state index is -2.43. The van der Waals surface area contributed by atoms with E-state index in [9.17, 15) is 4.57 Å². The van der Waals surface area contributed by atoms with Crippen molar-refractivity contribution in [1.82, 2.24) is 0 Å². The maximum atomic E-state index is 11.6. The molecule has 0 radical (unpaired) electrons. The summed E-state index contributed by atoms with van der Waals surface area (Å²) < 4.78 is 21.9. The molecule has 0 fully saturated rings. The lowest BCUT2D eigenvalue weighted by atomic mass is 10.3. The Morgan fingerprint density at radius 1 is 0.727 bits per heavy atom. The van der Waals surface area contributed by atoms with Crippen LogP contribution in [-0.4, -0.2) is 26.3 Å². The van der Waals surface area contributed by atoms with Crippen molar-refractivity contribution < 1.29 is 13.6 Å². The molecule has 5 nitrogen and oxygen atoms in total. The highest BCUT2D eigenvalue weighted by atomic mass is 31.1. The third kappa shape index (κ3) is 6.76. The first-order valence-electron chi connectivity index (χ1n) is 7.22. The molecule has 0 saturated heterocycles. The van der Waals surface area contributed by atoms with Crippen LogP contribution in [0.1, 0.15) is 0 Å². The maximum Gasteiger partial charge on any atom is 0.319 e. The van der Waals surface area contributed by atoms with Crippen molar-refractivity contribution in [3.8, 4) is 0 Å². The van der Waals surface area contributed by atoms with Gasteiger partial charge < -0.3 is 19.7 Å². The van der Waals surface area contributed by atoms with E-state index >= 15 is 0 Å². The Morgan fingerprint density at radius 3 is 1.55 bits per heavy atom. The lowest BCUT2D eigenvalue weighted by Gasteiger charge is -2.09. The second-order valence-corrected chi connectivity index (χ2v) is 5.61. The molecule has 0 heterocycles. The quantitative estimate of drug-likeness (QED) is 0.517. The number of hydrogen-bond acceptors (Lipinski definition) is 5. The zero-order valence-corrected chi connectivity index (χ0v) is 13.3. The predicted molar refractivity (Wildman–Crippen MR) is 90.8 cm³/mol. The van der Waals surface area contributed by atoms with Gasteiger partial charge >= 0.3 is 8.25 Å². The normalized spacial score (nSPS) is 10.6. The Bertz CT molecular complexity index is 502. The van der Waals surface area contributed by atoms with Gasteiger partial charge in [-0.25, -0.2) is 0 Å². The Hall–Kier alpha value is -1.81. The Balaban J connectivity index is 1.49. The molecule has 0 bridgehead atoms. The van der Waals surface area contributed by atoms with Crippen LogP contribution < -0.4 is 10.6 Å². The third-order valence-corrected chi connectivity index (χ3v) is 3.73. The summed E-state index contributed by atoms with van der Waals surface area (Å²) >= 11 is 0. The third-order valence-electron chi connectivity index (χ3n) is 2.85. The van der Waals surface area contributed by atoms with Crippen LogP contribution in [0.2, 0.25) is 0 Å². The molecule has 0 aromatic heterocycles. The van der Waals surface area contributed by atoms with E-state index in [1.807, 2.05) is 60.7 Å². The Kier molecular flexibility index (Phi) is 7.53. The van der Waals surface area contributed by atoms with Crippen molar-refractivity contribution in [2.24, 2.45) is 0 Å². The largest absolute Gasteiger partial charge is 0.383 e. The predicted octanol–water partition coefficient (Wildman–Crippen LogP) is 3.63. The smallest absolute Gasteiger partial charge is 0.319 e. The fourth-order valence-corrected chi connectivity index (χ4v) is 2.43. The molecule has 0 spiro atoms. The molecule has 2 N–H and O–H groups in total. The SMILES string of the molecule is O=[PH](OCCNc1ccccc1)OCCNc1ccccc1. The highest BCUT2D eigenvalue weighted by Gasteiger charge is 1.99. The fraction of sp³-hybridized carbons (Fsp3) is 0.250. The minimum absolute atomic E-state index is 0.346. The van der Waals surface area contributed by atoms with Crippen LogP contribution in [0.3, 0.4) is 0 Å². The summed E-state index contributed by atoms with van der Waals surface area (Å²) in [6.45, 7) is 1.87. The van der Waals surface area contributed by atoms with Crippen LogP contribution in [0.4, 0.5) is 11.4 Å². The molecule has 0 aliphatic rings. The molecular formula is C16H21N2O3P. The van der Waals surface area contributed by atoms with E-state index in [2.05, 4.69) is 10.6 Å². The molecule has 118 valence electrons. The van der Waals surface area contributed by atoms with Crippen LogP contribution in [0.15, 0.2) is 60.7 Å². The van der Waals surface area contributed by atoms with Crippen LogP contribution >= 0.6 is 8.25 Å². The molecule has 2 aromatic rings. The van der Waals surface area contributed by atoms with E-state index in [-0.39, 0.29) is 0 Å². The highest BCUT2D eigenvalue weighted by Crippen LogP contribution is 2.22. The van der Waals surface area contributed by atoms with Gasteiger partial charge in [0.05, 0.1) is 13.2 Å². The number of anilines is 2. The van der Waals surface area contributed by atoms with Gasteiger partial charge in [0.2, 0.25) is 0 Å². The van der Waals surface area contributed by atoms with Crippen molar-refractivity contribution in [3.63, 3.8) is 0 Å². The van der Waals surface area contributed by atoms with Crippen molar-refractivity contribution in [1.29, 1.82) is 0 Å². The number of hydrogen-bond donors (Lipinski definition) is 2. The summed E-state index contributed by atoms with van der Waals surface area (Å²) in [5.74, 6) is 0. The molecule has 2 aromatic carbocycles. The van der Waals surface area contributed by atoms with Crippen molar-refractivity contribution in [2.75, 3.05) is 36.9 Å². The molecule has 2 rings (SSSR count). The molecule has 0 atom stereocenters. The monoisotopic (exact) mass is 320 g/mol. The van der Waals surface area contributed by atoms with E-state index in [1.54, 1.807) is 0 Å². The molecule has 0 aliphatic heterocycles. The molecule has 0 saturated carbocycles. The van der Waals surface area contributed by atoms with Crippen molar-refractivity contribution in [2.45, 2.75) is 0 Å². The average molecular weight is 320 g/mol. The first-order valence-corrected chi connectivity index (χ1v) is 8.44. The van der Waals surface area contributed by atoms with E-state index < -0.39 is 8.25 Å². The second-order valence-electron chi connectivity index (χ2n) is 4.53. The van der Waals surface area contributed by atoms with Gasteiger partial charge in [-0.15, -0.1) is 0 Å². The van der Waals surface area contributed by atoms with Gasteiger partial charge in [-0.1, -0.05) is 36.4 Å². The summed E-state index contributed by atoms with van der Waals surface area (Å²) in [6, 6.07) is 19.6. The van der Waals surface area contributed by atoms with E-state index in [1.165, 1.54) is 0 Å². The minimum Gasteiger partial charge on any atom is -0.383 e. The van der Waals surface area contributed by atoms with Crippen molar-refractivity contribution in [3.05, 3.63) is 60.7 Å². The molecule has 0 aliphatic carbocycles. The van der Waals surface area contributed by atoms with Gasteiger partial charge in [0, 0.05) is 24.5 Å². The highest BCUT2D eigenvalue weighted by molar-refractivity contribution is 7.33. The standard InChI is InChI=1S/C16H21N2O3P/c19-22(20-13-11-17-15-7-3-1-4-8-15)21-14-12-18-16-9-5-2-6-10-16/h1-10,17-18,22H,11-14H2. The topological polar surface area (TPSA) is 59.6 Å². The number of nitrogens with one attached hydrogen (secondary N) is 2. The second kappa shape index (κ2) is 10.0. The summed E-state index contributed by atoms with van der Waals surface area (Å²) in [7, 11) is -2.43. The fourth-order valence-electron chi connectivity index (χ4n) is 1.81. The van der Waals surface area contributed by atoms with Gasteiger partial charge in [-0.3, -0.25) is 4.57 Å². The molecule has 0 unspecified atom stereocenters. The summed E-state index contributed by atoms with van der Waals surface area (Å²) in [6.07, 6.45) is 0. The van der Waals surface area contributed by atoms with Crippen LogP contribution in [-0.2, 0) is 13.6 Å². The van der Waals surface area contributed by atoms with Gasteiger partial charge in [0.15, 0.2) is 0 Å². The first-order chi connectivity index (χ1) is 10.8. The number of para-hydroxylation sites is 2. The van der Waals surface area contributed by atoms with Gasteiger partial charge in [-0.2, -0.15) is 0 Å². The van der Waals surface area contributed by atoms with Crippen molar-refractivity contribution >= 4 is 19.6 Å². The lowest BCUT2D eigenvalue weighted by molar-refractivity contribution is 0.238.